The van der Waals surface area contributed by atoms with Crippen molar-refractivity contribution >= 4 is 22.2 Å². The molecule has 0 atom stereocenters. The highest BCUT2D eigenvalue weighted by Gasteiger charge is 2.20. The van der Waals surface area contributed by atoms with Crippen molar-refractivity contribution in [1.29, 1.82) is 0 Å². The van der Waals surface area contributed by atoms with E-state index >= 15 is 0 Å². The van der Waals surface area contributed by atoms with Gasteiger partial charge in [-0.2, -0.15) is 0 Å². The molecule has 0 unspecified atom stereocenters. The van der Waals surface area contributed by atoms with E-state index in [-0.39, 0.29) is 6.10 Å². The minimum atomic E-state index is 0.0727. The summed E-state index contributed by atoms with van der Waals surface area (Å²) in [5, 5.41) is 9.58. The van der Waals surface area contributed by atoms with Gasteiger partial charge >= 0.3 is 0 Å². The first-order valence-corrected chi connectivity index (χ1v) is 10.3. The molecule has 8 nitrogen and oxygen atoms in total. The van der Waals surface area contributed by atoms with Gasteiger partial charge in [-0.1, -0.05) is 6.07 Å². The molecule has 0 spiro atoms. The van der Waals surface area contributed by atoms with E-state index in [4.69, 9.17) is 4.74 Å². The molecular formula is C22H25N7O. The van der Waals surface area contributed by atoms with E-state index in [9.17, 15) is 0 Å². The van der Waals surface area contributed by atoms with Crippen LogP contribution in [-0.2, 0) is 6.54 Å². The minimum absolute atomic E-state index is 0.0727. The molecule has 30 heavy (non-hydrogen) atoms. The van der Waals surface area contributed by atoms with Gasteiger partial charge in [-0.3, -0.25) is 9.30 Å². The average Bonchev–Trinajstić information content (AvgIpc) is 3.17. The van der Waals surface area contributed by atoms with Crippen LogP contribution < -0.4 is 9.64 Å². The normalized spacial score (nSPS) is 15.4. The van der Waals surface area contributed by atoms with Gasteiger partial charge in [-0.15, -0.1) is 10.2 Å². The SMILES string of the molecule is CC(C)Oc1ncnc2ccc(N3CCN(Cc4nnc5ccccn45)CC3)cc12. The number of rotatable bonds is 5. The van der Waals surface area contributed by atoms with Crippen molar-refractivity contribution in [2.24, 2.45) is 0 Å². The number of ether oxygens (including phenoxy) is 1. The Morgan fingerprint density at radius 3 is 2.70 bits per heavy atom. The number of anilines is 1. The number of benzene rings is 1. The fourth-order valence-corrected chi connectivity index (χ4v) is 3.90. The quantitative estimate of drug-likeness (QED) is 0.507. The maximum atomic E-state index is 5.89. The summed E-state index contributed by atoms with van der Waals surface area (Å²) in [7, 11) is 0. The Kier molecular flexibility index (Phi) is 4.92. The van der Waals surface area contributed by atoms with Crippen LogP contribution in [0.3, 0.4) is 0 Å². The zero-order chi connectivity index (χ0) is 20.5. The molecule has 1 aliphatic rings. The second-order valence-electron chi connectivity index (χ2n) is 7.86. The van der Waals surface area contributed by atoms with E-state index in [1.807, 2.05) is 44.3 Å². The lowest BCUT2D eigenvalue weighted by molar-refractivity contribution is 0.235. The third-order valence-electron chi connectivity index (χ3n) is 5.42. The number of hydrogen-bond acceptors (Lipinski definition) is 7. The minimum Gasteiger partial charge on any atom is -0.474 e. The van der Waals surface area contributed by atoms with Gasteiger partial charge in [0.05, 0.1) is 23.6 Å². The van der Waals surface area contributed by atoms with Gasteiger partial charge in [-0.05, 0) is 44.2 Å². The molecule has 4 heterocycles. The second-order valence-corrected chi connectivity index (χ2v) is 7.86. The number of hydrogen-bond donors (Lipinski definition) is 0. The molecule has 0 radical (unpaired) electrons. The Morgan fingerprint density at radius 2 is 1.87 bits per heavy atom. The lowest BCUT2D eigenvalue weighted by atomic mass is 10.2. The Hall–Kier alpha value is -3.26. The maximum absolute atomic E-state index is 5.89. The first-order valence-electron chi connectivity index (χ1n) is 10.3. The highest BCUT2D eigenvalue weighted by atomic mass is 16.5. The molecule has 0 amide bonds. The summed E-state index contributed by atoms with van der Waals surface area (Å²) >= 11 is 0. The van der Waals surface area contributed by atoms with Gasteiger partial charge in [0.25, 0.3) is 0 Å². The van der Waals surface area contributed by atoms with Crippen molar-refractivity contribution in [3.8, 4) is 5.88 Å². The fraction of sp³-hybridized carbons (Fsp3) is 0.364. The van der Waals surface area contributed by atoms with Gasteiger partial charge < -0.3 is 9.64 Å². The van der Waals surface area contributed by atoms with Crippen molar-refractivity contribution in [3.63, 3.8) is 0 Å². The third-order valence-corrected chi connectivity index (χ3v) is 5.42. The zero-order valence-electron chi connectivity index (χ0n) is 17.3. The Balaban J connectivity index is 1.30. The summed E-state index contributed by atoms with van der Waals surface area (Å²) < 4.78 is 7.95. The lowest BCUT2D eigenvalue weighted by Gasteiger charge is -2.35. The van der Waals surface area contributed by atoms with Crippen LogP contribution in [0.25, 0.3) is 16.6 Å². The summed E-state index contributed by atoms with van der Waals surface area (Å²) in [4.78, 5) is 13.6. The topological polar surface area (TPSA) is 71.7 Å². The highest BCUT2D eigenvalue weighted by Crippen LogP contribution is 2.28. The molecule has 1 fully saturated rings. The number of nitrogens with zero attached hydrogens (tertiary/aromatic N) is 7. The van der Waals surface area contributed by atoms with Gasteiger partial charge in [0.2, 0.25) is 5.88 Å². The summed E-state index contributed by atoms with van der Waals surface area (Å²) in [6, 6.07) is 12.3. The molecule has 0 saturated carbocycles. The van der Waals surface area contributed by atoms with Crippen LogP contribution in [0.1, 0.15) is 19.7 Å². The molecule has 154 valence electrons. The lowest BCUT2D eigenvalue weighted by Crippen LogP contribution is -2.46. The van der Waals surface area contributed by atoms with Crippen LogP contribution in [0.5, 0.6) is 5.88 Å². The summed E-state index contributed by atoms with van der Waals surface area (Å²) in [6.45, 7) is 8.68. The highest BCUT2D eigenvalue weighted by molar-refractivity contribution is 5.86. The van der Waals surface area contributed by atoms with Gasteiger partial charge in [0.1, 0.15) is 6.33 Å². The van der Waals surface area contributed by atoms with E-state index < -0.39 is 0 Å². The van der Waals surface area contributed by atoms with Gasteiger partial charge in [-0.25, -0.2) is 9.97 Å². The number of piperazine rings is 1. The molecule has 0 aliphatic carbocycles. The average molecular weight is 403 g/mol. The number of aromatic nitrogens is 5. The predicted octanol–water partition coefficient (Wildman–Crippen LogP) is 2.78. The van der Waals surface area contributed by atoms with Crippen LogP contribution in [0.4, 0.5) is 5.69 Å². The summed E-state index contributed by atoms with van der Waals surface area (Å²) in [6.07, 6.45) is 3.66. The molecule has 4 aromatic rings. The Labute approximate surface area is 175 Å². The Bertz CT molecular complexity index is 1160. The van der Waals surface area contributed by atoms with E-state index in [0.717, 1.165) is 55.1 Å². The standard InChI is InChI=1S/C22H25N7O/c1-16(2)30-22-18-13-17(6-7-19(18)23-15-24-22)28-11-9-27(10-12-28)14-21-26-25-20-5-3-4-8-29(20)21/h3-8,13,15-16H,9-12,14H2,1-2H3. The monoisotopic (exact) mass is 403 g/mol. The third kappa shape index (κ3) is 3.66. The van der Waals surface area contributed by atoms with E-state index in [2.05, 4.69) is 46.5 Å². The van der Waals surface area contributed by atoms with E-state index in [1.165, 1.54) is 5.69 Å². The summed E-state index contributed by atoms with van der Waals surface area (Å²) in [5.74, 6) is 1.63. The van der Waals surface area contributed by atoms with Crippen molar-refractivity contribution in [1.82, 2.24) is 29.5 Å². The zero-order valence-corrected chi connectivity index (χ0v) is 17.3. The van der Waals surface area contributed by atoms with Crippen LogP contribution in [-0.4, -0.2) is 61.7 Å². The molecule has 1 aliphatic heterocycles. The van der Waals surface area contributed by atoms with Gasteiger partial charge in [0, 0.05) is 38.1 Å². The number of pyridine rings is 1. The fourth-order valence-electron chi connectivity index (χ4n) is 3.90. The van der Waals surface area contributed by atoms with Crippen molar-refractivity contribution < 1.29 is 4.74 Å². The van der Waals surface area contributed by atoms with Crippen molar-refractivity contribution in [2.75, 3.05) is 31.1 Å². The summed E-state index contributed by atoms with van der Waals surface area (Å²) in [5.41, 5.74) is 2.98. The largest absolute Gasteiger partial charge is 0.474 e. The molecule has 1 aromatic carbocycles. The Morgan fingerprint density at radius 1 is 1.00 bits per heavy atom. The van der Waals surface area contributed by atoms with Crippen LogP contribution in [0, 0.1) is 0 Å². The second kappa shape index (κ2) is 7.87. The molecular weight excluding hydrogens is 378 g/mol. The van der Waals surface area contributed by atoms with Crippen LogP contribution in [0.2, 0.25) is 0 Å². The van der Waals surface area contributed by atoms with Crippen LogP contribution in [0.15, 0.2) is 48.9 Å². The first kappa shape index (κ1) is 18.7. The molecule has 0 N–H and O–H groups in total. The number of fused-ring (bicyclic) bond motifs is 2. The molecule has 5 rings (SSSR count). The van der Waals surface area contributed by atoms with Gasteiger partial charge in [0.15, 0.2) is 11.5 Å². The first-order chi connectivity index (χ1) is 14.7. The smallest absolute Gasteiger partial charge is 0.224 e. The van der Waals surface area contributed by atoms with E-state index in [1.54, 1.807) is 6.33 Å². The molecule has 8 heteroatoms. The van der Waals surface area contributed by atoms with Crippen LogP contribution >= 0.6 is 0 Å². The molecule has 3 aromatic heterocycles. The van der Waals surface area contributed by atoms with Crippen molar-refractivity contribution in [3.05, 3.63) is 54.7 Å². The predicted molar refractivity (Wildman–Crippen MR) is 116 cm³/mol. The molecule has 1 saturated heterocycles. The van der Waals surface area contributed by atoms with E-state index in [0.29, 0.717) is 5.88 Å². The molecule has 0 bridgehead atoms. The van der Waals surface area contributed by atoms with Crippen molar-refractivity contribution in [2.45, 2.75) is 26.5 Å². The maximum Gasteiger partial charge on any atom is 0.224 e.